The first-order valence-corrected chi connectivity index (χ1v) is 12.0. The lowest BCUT2D eigenvalue weighted by atomic mass is 9.59. The molecule has 0 bridgehead atoms. The summed E-state index contributed by atoms with van der Waals surface area (Å²) in [4.78, 5) is 5.72. The molecular formula is C25H29BrN2O4. The van der Waals surface area contributed by atoms with E-state index in [0.717, 1.165) is 40.1 Å². The molecule has 0 aromatic heterocycles. The summed E-state index contributed by atoms with van der Waals surface area (Å²) in [6, 6.07) is 12.2. The van der Waals surface area contributed by atoms with Crippen LogP contribution in [0.5, 0.6) is 11.5 Å². The van der Waals surface area contributed by atoms with Crippen molar-refractivity contribution in [3.63, 3.8) is 0 Å². The number of halogens is 1. The van der Waals surface area contributed by atoms with Gasteiger partial charge in [-0.1, -0.05) is 42.4 Å². The zero-order chi connectivity index (χ0) is 22.3. The van der Waals surface area contributed by atoms with E-state index in [2.05, 4.69) is 39.4 Å². The lowest BCUT2D eigenvalue weighted by Crippen LogP contribution is -2.52. The molecule has 3 aliphatic rings. The van der Waals surface area contributed by atoms with Crippen molar-refractivity contribution in [2.75, 3.05) is 13.7 Å². The summed E-state index contributed by atoms with van der Waals surface area (Å²) in [5, 5.41) is 18.1. The van der Waals surface area contributed by atoms with Gasteiger partial charge >= 0.3 is 0 Å². The fourth-order valence-corrected chi connectivity index (χ4v) is 6.31. The molecule has 1 fully saturated rings. The van der Waals surface area contributed by atoms with Gasteiger partial charge in [0, 0.05) is 30.0 Å². The average Bonchev–Trinajstić information content (AvgIpc) is 3.04. The minimum absolute atomic E-state index is 0.0134. The van der Waals surface area contributed by atoms with Crippen molar-refractivity contribution in [2.45, 2.75) is 56.9 Å². The molecule has 1 spiro atoms. The van der Waals surface area contributed by atoms with Crippen molar-refractivity contribution in [3.8, 4) is 11.5 Å². The predicted octanol–water partition coefficient (Wildman–Crippen LogP) is 4.31. The van der Waals surface area contributed by atoms with Crippen LogP contribution >= 0.6 is 15.9 Å². The van der Waals surface area contributed by atoms with Gasteiger partial charge in [0.2, 0.25) is 0 Å². The van der Waals surface area contributed by atoms with Gasteiger partial charge in [-0.15, -0.1) is 0 Å². The van der Waals surface area contributed by atoms with Crippen molar-refractivity contribution < 1.29 is 19.4 Å². The quantitative estimate of drug-likeness (QED) is 0.598. The first kappa shape index (κ1) is 21.7. The standard InChI is InChI=1S/C25H29BrN2O4/c1-15-8-18(28-31-14-16-6-4-3-5-7-16)10-21-25(15)11-19(13-29)27-12-17-9-20(30-2)23(26)24(32-21)22(17)25/h3-7,9,15,19,21,27,29H,8,10-14H2,1-2H3/t15-,19+,21-,25+/m1/s1. The first-order valence-electron chi connectivity index (χ1n) is 11.2. The zero-order valence-corrected chi connectivity index (χ0v) is 20.0. The van der Waals surface area contributed by atoms with E-state index in [-0.39, 0.29) is 30.1 Å². The Hall–Kier alpha value is -2.09. The molecule has 4 atom stereocenters. The van der Waals surface area contributed by atoms with E-state index >= 15 is 0 Å². The molecule has 0 radical (unpaired) electrons. The second kappa shape index (κ2) is 8.69. The molecule has 1 aliphatic carbocycles. The largest absolute Gasteiger partial charge is 0.495 e. The monoisotopic (exact) mass is 500 g/mol. The third-order valence-corrected chi connectivity index (χ3v) is 8.04. The molecule has 7 heteroatoms. The molecule has 32 heavy (non-hydrogen) atoms. The van der Waals surface area contributed by atoms with E-state index in [1.54, 1.807) is 7.11 Å². The predicted molar refractivity (Wildman–Crippen MR) is 126 cm³/mol. The molecule has 0 amide bonds. The number of hydrogen-bond donors (Lipinski definition) is 2. The Morgan fingerprint density at radius 1 is 1.28 bits per heavy atom. The van der Waals surface area contributed by atoms with E-state index in [0.29, 0.717) is 19.6 Å². The maximum absolute atomic E-state index is 10.0. The van der Waals surface area contributed by atoms with Crippen LogP contribution < -0.4 is 14.8 Å². The normalized spacial score (nSPS) is 29.6. The highest BCUT2D eigenvalue weighted by atomic mass is 79.9. The minimum atomic E-state index is -0.186. The highest BCUT2D eigenvalue weighted by Crippen LogP contribution is 2.60. The van der Waals surface area contributed by atoms with Crippen molar-refractivity contribution in [3.05, 3.63) is 57.6 Å². The topological polar surface area (TPSA) is 72.3 Å². The second-order valence-corrected chi connectivity index (χ2v) is 9.89. The first-order chi connectivity index (χ1) is 15.6. The van der Waals surface area contributed by atoms with Crippen molar-refractivity contribution >= 4 is 21.6 Å². The number of nitrogens with zero attached hydrogens (tertiary/aromatic N) is 1. The summed E-state index contributed by atoms with van der Waals surface area (Å²) in [5.41, 5.74) is 4.39. The van der Waals surface area contributed by atoms with Gasteiger partial charge in [0.05, 0.1) is 19.4 Å². The van der Waals surface area contributed by atoms with E-state index in [9.17, 15) is 5.11 Å². The molecular weight excluding hydrogens is 472 g/mol. The van der Waals surface area contributed by atoms with Crippen LogP contribution in [0.1, 0.15) is 42.9 Å². The Balaban J connectivity index is 1.48. The minimum Gasteiger partial charge on any atom is -0.495 e. The van der Waals surface area contributed by atoms with Crippen molar-refractivity contribution in [1.29, 1.82) is 0 Å². The lowest BCUT2D eigenvalue weighted by Gasteiger charge is -2.44. The Morgan fingerprint density at radius 2 is 2.09 bits per heavy atom. The van der Waals surface area contributed by atoms with Gasteiger partial charge < -0.3 is 24.7 Å². The fourth-order valence-electron chi connectivity index (χ4n) is 5.74. The Kier molecular flexibility index (Phi) is 5.90. The highest BCUT2D eigenvalue weighted by Gasteiger charge is 2.58. The van der Waals surface area contributed by atoms with E-state index in [1.165, 1.54) is 11.1 Å². The van der Waals surface area contributed by atoms with Crippen LogP contribution in [-0.2, 0) is 23.4 Å². The molecule has 1 saturated carbocycles. The maximum Gasteiger partial charge on any atom is 0.142 e. The molecule has 2 aromatic rings. The molecule has 6 nitrogen and oxygen atoms in total. The van der Waals surface area contributed by atoms with Gasteiger partial charge in [-0.25, -0.2) is 0 Å². The molecule has 0 unspecified atom stereocenters. The van der Waals surface area contributed by atoms with Crippen LogP contribution in [0.2, 0.25) is 0 Å². The van der Waals surface area contributed by atoms with Crippen LogP contribution in [0.15, 0.2) is 46.0 Å². The zero-order valence-electron chi connectivity index (χ0n) is 18.4. The molecule has 2 aromatic carbocycles. The Labute approximate surface area is 197 Å². The van der Waals surface area contributed by atoms with Gasteiger partial charge in [-0.05, 0) is 51.9 Å². The molecule has 0 saturated heterocycles. The number of oxime groups is 1. The van der Waals surface area contributed by atoms with Gasteiger partial charge in [0.25, 0.3) is 0 Å². The smallest absolute Gasteiger partial charge is 0.142 e. The number of benzene rings is 2. The van der Waals surface area contributed by atoms with Crippen LogP contribution in [0.25, 0.3) is 0 Å². The van der Waals surface area contributed by atoms with Gasteiger partial charge in [-0.2, -0.15) is 0 Å². The molecule has 2 heterocycles. The van der Waals surface area contributed by atoms with Gasteiger partial charge in [0.15, 0.2) is 0 Å². The number of rotatable bonds is 5. The number of ether oxygens (including phenoxy) is 2. The maximum atomic E-state index is 10.0. The van der Waals surface area contributed by atoms with Crippen LogP contribution in [-0.4, -0.2) is 36.7 Å². The van der Waals surface area contributed by atoms with Crippen LogP contribution in [0, 0.1) is 5.92 Å². The van der Waals surface area contributed by atoms with Gasteiger partial charge in [-0.3, -0.25) is 0 Å². The molecule has 2 aliphatic heterocycles. The van der Waals surface area contributed by atoms with E-state index < -0.39 is 0 Å². The number of nitrogens with one attached hydrogen (secondary N) is 1. The average molecular weight is 501 g/mol. The summed E-state index contributed by atoms with van der Waals surface area (Å²) in [6.45, 7) is 3.52. The third-order valence-electron chi connectivity index (χ3n) is 7.28. The second-order valence-electron chi connectivity index (χ2n) is 9.09. The molecule has 170 valence electrons. The summed E-state index contributed by atoms with van der Waals surface area (Å²) in [7, 11) is 1.68. The molecule has 2 N–H and O–H groups in total. The van der Waals surface area contributed by atoms with Crippen LogP contribution in [0.3, 0.4) is 0 Å². The van der Waals surface area contributed by atoms with Gasteiger partial charge in [0.1, 0.15) is 28.7 Å². The number of methoxy groups -OCH3 is 1. The SMILES string of the molecule is COc1cc2c3c(c1Br)O[C@@H]1CC(=NOCc4ccccc4)C[C@@H](C)[C@]31C[C@@H](CO)NC2. The third kappa shape index (κ3) is 3.51. The summed E-state index contributed by atoms with van der Waals surface area (Å²) < 4.78 is 13.1. The summed E-state index contributed by atoms with van der Waals surface area (Å²) in [6.07, 6.45) is 2.32. The Morgan fingerprint density at radius 3 is 2.84 bits per heavy atom. The van der Waals surface area contributed by atoms with E-state index in [1.807, 2.05) is 30.3 Å². The van der Waals surface area contributed by atoms with Crippen molar-refractivity contribution in [2.24, 2.45) is 11.1 Å². The summed E-state index contributed by atoms with van der Waals surface area (Å²) >= 11 is 3.72. The highest BCUT2D eigenvalue weighted by molar-refractivity contribution is 9.10. The van der Waals surface area contributed by atoms with Crippen LogP contribution in [0.4, 0.5) is 0 Å². The Bertz CT molecular complexity index is 1030. The number of aliphatic hydroxyl groups is 1. The number of hydrogen-bond acceptors (Lipinski definition) is 6. The number of aliphatic hydroxyl groups excluding tert-OH is 1. The van der Waals surface area contributed by atoms with Crippen molar-refractivity contribution in [1.82, 2.24) is 5.32 Å². The fraction of sp³-hybridized carbons (Fsp3) is 0.480. The lowest BCUT2D eigenvalue weighted by molar-refractivity contribution is 0.0690. The van der Waals surface area contributed by atoms with E-state index in [4.69, 9.17) is 14.3 Å². The molecule has 5 rings (SSSR count). The summed E-state index contributed by atoms with van der Waals surface area (Å²) in [5.74, 6) is 1.93.